The molecule has 53 heavy (non-hydrogen) atoms. The van der Waals surface area contributed by atoms with Gasteiger partial charge in [0.1, 0.15) is 17.5 Å². The fourth-order valence-corrected chi connectivity index (χ4v) is 7.16. The number of carboxylic acid groups (broad SMARTS) is 1. The van der Waals surface area contributed by atoms with Crippen LogP contribution >= 0.6 is 0 Å². The molecule has 0 atom stereocenters. The molecule has 10 nitrogen and oxygen atoms in total. The van der Waals surface area contributed by atoms with Crippen molar-refractivity contribution in [3.8, 4) is 0 Å². The van der Waals surface area contributed by atoms with Crippen molar-refractivity contribution < 1.29 is 24.2 Å². The van der Waals surface area contributed by atoms with Crippen molar-refractivity contribution in [2.75, 3.05) is 50.0 Å². The number of ether oxygens (including phenoxy) is 2. The lowest BCUT2D eigenvalue weighted by atomic mass is 10.0. The van der Waals surface area contributed by atoms with Crippen molar-refractivity contribution in [3.05, 3.63) is 20.4 Å². The van der Waals surface area contributed by atoms with E-state index in [1.807, 2.05) is 0 Å². The van der Waals surface area contributed by atoms with Gasteiger partial charge in [-0.15, -0.1) is 0 Å². The molecule has 10 heteroatoms. The van der Waals surface area contributed by atoms with Crippen molar-refractivity contribution in [1.82, 2.24) is 4.90 Å². The molecule has 1 saturated heterocycles. The molecule has 3 N–H and O–H groups in total. The predicted molar refractivity (Wildman–Crippen MR) is 218 cm³/mol. The number of carbonyl (C=O) groups is 2. The molecule has 0 amide bonds. The highest BCUT2D eigenvalue weighted by Crippen LogP contribution is 2.20. The maximum Gasteiger partial charge on any atom is 0.306 e. The number of nitrogens with one attached hydrogen (secondary N) is 2. The molecule has 0 spiro atoms. The summed E-state index contributed by atoms with van der Waals surface area (Å²) in [6.45, 7) is 9.15. The lowest BCUT2D eigenvalue weighted by Gasteiger charge is -2.29. The number of rotatable bonds is 38. The summed E-state index contributed by atoms with van der Waals surface area (Å²) in [4.78, 5) is 50.3. The maximum atomic E-state index is 12.8. The van der Waals surface area contributed by atoms with Crippen LogP contribution in [0.15, 0.2) is 9.59 Å². The van der Waals surface area contributed by atoms with Crippen LogP contribution in [0.3, 0.4) is 0 Å². The third-order valence-corrected chi connectivity index (χ3v) is 10.6. The van der Waals surface area contributed by atoms with Crippen LogP contribution in [0.4, 0.5) is 11.4 Å². The average Bonchev–Trinajstić information content (AvgIpc) is 3.12. The second kappa shape index (κ2) is 30.8. The van der Waals surface area contributed by atoms with Crippen LogP contribution in [-0.2, 0) is 19.1 Å². The van der Waals surface area contributed by atoms with E-state index in [9.17, 15) is 19.2 Å². The normalized spacial score (nSPS) is 13.2. The molecule has 306 valence electrons. The van der Waals surface area contributed by atoms with Gasteiger partial charge in [0.05, 0.1) is 19.3 Å². The molecule has 0 aliphatic carbocycles. The Labute approximate surface area is 321 Å². The second-order valence-electron chi connectivity index (χ2n) is 15.6. The first-order chi connectivity index (χ1) is 25.8. The molecule has 1 aromatic rings. The molecule has 1 heterocycles. The first kappa shape index (κ1) is 46.7. The number of hydrogen-bond acceptors (Lipinski definition) is 9. The Balaban J connectivity index is 1.67. The van der Waals surface area contributed by atoms with Crippen molar-refractivity contribution in [2.24, 2.45) is 0 Å². The van der Waals surface area contributed by atoms with Gasteiger partial charge in [-0.3, -0.25) is 19.2 Å². The molecule has 2 rings (SSSR count). The van der Waals surface area contributed by atoms with Gasteiger partial charge in [-0.2, -0.15) is 0 Å². The van der Waals surface area contributed by atoms with E-state index in [4.69, 9.17) is 14.6 Å². The van der Waals surface area contributed by atoms with Crippen LogP contribution in [-0.4, -0.2) is 73.5 Å². The quantitative estimate of drug-likeness (QED) is 0.0341. The first-order valence-electron chi connectivity index (χ1n) is 21.9. The SMILES string of the molecule is CCCCCCCCC(CCCCCCCC)OC(=O)CCCCCCCN(CCCCCCCC(=O)O)CCCNc1c(NC2COC2)c(=O)c1=O. The highest BCUT2D eigenvalue weighted by molar-refractivity contribution is 5.74. The highest BCUT2D eigenvalue weighted by atomic mass is 16.5. The van der Waals surface area contributed by atoms with E-state index in [2.05, 4.69) is 29.4 Å². The van der Waals surface area contributed by atoms with Gasteiger partial charge < -0.3 is 30.1 Å². The molecule has 0 bridgehead atoms. The van der Waals surface area contributed by atoms with Gasteiger partial charge in [0.2, 0.25) is 0 Å². The van der Waals surface area contributed by atoms with Gasteiger partial charge in [0.25, 0.3) is 10.9 Å². The number of unbranched alkanes of at least 4 members (excludes halogenated alkanes) is 18. The third-order valence-electron chi connectivity index (χ3n) is 10.6. The van der Waals surface area contributed by atoms with Gasteiger partial charge in [-0.1, -0.05) is 117 Å². The Kier molecular flexibility index (Phi) is 27.2. The Bertz CT molecular complexity index is 1130. The zero-order chi connectivity index (χ0) is 38.4. The monoisotopic (exact) mass is 748 g/mol. The van der Waals surface area contributed by atoms with E-state index in [1.165, 1.54) is 64.2 Å². The third kappa shape index (κ3) is 22.5. The Morgan fingerprint density at radius 3 is 1.66 bits per heavy atom. The van der Waals surface area contributed by atoms with E-state index < -0.39 is 16.8 Å². The minimum atomic E-state index is -0.723. The minimum Gasteiger partial charge on any atom is -0.481 e. The van der Waals surface area contributed by atoms with Crippen molar-refractivity contribution >= 4 is 23.3 Å². The fourth-order valence-electron chi connectivity index (χ4n) is 7.16. The van der Waals surface area contributed by atoms with Crippen LogP contribution in [0.2, 0.25) is 0 Å². The second-order valence-corrected chi connectivity index (χ2v) is 15.6. The number of hydrogen-bond donors (Lipinski definition) is 3. The van der Waals surface area contributed by atoms with Gasteiger partial charge in [-0.05, 0) is 77.4 Å². The highest BCUT2D eigenvalue weighted by Gasteiger charge is 2.26. The molecular weight excluding hydrogens is 670 g/mol. The number of nitrogens with zero attached hydrogens (tertiary/aromatic N) is 1. The van der Waals surface area contributed by atoms with Crippen LogP contribution in [0.1, 0.15) is 187 Å². The summed E-state index contributed by atoms with van der Waals surface area (Å²) in [5.41, 5.74) is -0.0818. The topological polar surface area (TPSA) is 134 Å². The molecule has 1 aromatic carbocycles. The Hall–Kier alpha value is -2.46. The summed E-state index contributed by atoms with van der Waals surface area (Å²) in [7, 11) is 0. The summed E-state index contributed by atoms with van der Waals surface area (Å²) < 4.78 is 11.2. The standard InChI is InChI=1S/C43H77N3O7/c1-3-5-7-9-13-19-26-37(27-20-14-10-8-6-4-2)53-39(49)29-22-16-12-18-24-32-46(31-23-17-11-15-21-28-38(47)48)33-25-30-44-40-41(43(51)42(40)50)45-36-34-52-35-36/h36-37,44-45H,3-35H2,1-2H3,(H,47,48). The number of esters is 1. The summed E-state index contributed by atoms with van der Waals surface area (Å²) in [5.74, 6) is -0.738. The van der Waals surface area contributed by atoms with E-state index in [-0.39, 0.29) is 24.5 Å². The lowest BCUT2D eigenvalue weighted by Crippen LogP contribution is -2.46. The van der Waals surface area contributed by atoms with Crippen LogP contribution < -0.4 is 21.5 Å². The number of aliphatic carboxylic acids is 1. The Morgan fingerprint density at radius 1 is 0.660 bits per heavy atom. The number of carbonyl (C=O) groups excluding carboxylic acids is 1. The van der Waals surface area contributed by atoms with Gasteiger partial charge >= 0.3 is 11.9 Å². The first-order valence-corrected chi connectivity index (χ1v) is 21.9. The van der Waals surface area contributed by atoms with Crippen molar-refractivity contribution in [2.45, 2.75) is 199 Å². The number of carboxylic acids is 1. The molecule has 0 aromatic heterocycles. The fraction of sp³-hybridized carbons (Fsp3) is 0.860. The van der Waals surface area contributed by atoms with Crippen molar-refractivity contribution in [3.63, 3.8) is 0 Å². The molecule has 0 radical (unpaired) electrons. The van der Waals surface area contributed by atoms with E-state index in [0.717, 1.165) is 116 Å². The van der Waals surface area contributed by atoms with Gasteiger partial charge in [-0.25, -0.2) is 0 Å². The molecule has 0 unspecified atom stereocenters. The van der Waals surface area contributed by atoms with E-state index in [0.29, 0.717) is 37.6 Å². The molecule has 0 saturated carbocycles. The average molecular weight is 748 g/mol. The summed E-state index contributed by atoms with van der Waals surface area (Å²) >= 11 is 0. The van der Waals surface area contributed by atoms with Crippen LogP contribution in [0, 0.1) is 0 Å². The van der Waals surface area contributed by atoms with Crippen LogP contribution in [0.5, 0.6) is 0 Å². The minimum absolute atomic E-state index is 0.0154. The molecule has 1 fully saturated rings. The summed E-state index contributed by atoms with van der Waals surface area (Å²) in [6.07, 6.45) is 29.1. The predicted octanol–water partition coefficient (Wildman–Crippen LogP) is 9.38. The molecular formula is C43H77N3O7. The van der Waals surface area contributed by atoms with Gasteiger partial charge in [0, 0.05) is 19.4 Å². The molecule has 1 aliphatic rings. The zero-order valence-electron chi connectivity index (χ0n) is 33.8. The summed E-state index contributed by atoms with van der Waals surface area (Å²) in [6, 6.07) is 0.0964. The molecule has 1 aliphatic heterocycles. The summed E-state index contributed by atoms with van der Waals surface area (Å²) in [5, 5.41) is 15.2. The van der Waals surface area contributed by atoms with Crippen LogP contribution in [0.25, 0.3) is 0 Å². The largest absolute Gasteiger partial charge is 0.481 e. The number of anilines is 2. The van der Waals surface area contributed by atoms with Crippen molar-refractivity contribution in [1.29, 1.82) is 0 Å². The smallest absolute Gasteiger partial charge is 0.306 e. The Morgan fingerprint density at radius 2 is 1.13 bits per heavy atom. The van der Waals surface area contributed by atoms with Gasteiger partial charge in [0.15, 0.2) is 0 Å². The van der Waals surface area contributed by atoms with E-state index in [1.54, 1.807) is 0 Å². The maximum absolute atomic E-state index is 12.8. The lowest BCUT2D eigenvalue weighted by molar-refractivity contribution is -0.150. The zero-order valence-corrected chi connectivity index (χ0v) is 33.8. The van der Waals surface area contributed by atoms with E-state index >= 15 is 0 Å².